The van der Waals surface area contributed by atoms with Gasteiger partial charge in [-0.2, -0.15) is 0 Å². The summed E-state index contributed by atoms with van der Waals surface area (Å²) in [5.41, 5.74) is 3.69. The van der Waals surface area contributed by atoms with Crippen LogP contribution in [0.2, 0.25) is 5.02 Å². The molecular weight excluding hydrogens is 239 g/mol. The van der Waals surface area contributed by atoms with Gasteiger partial charge in [-0.3, -0.25) is 11.3 Å². The van der Waals surface area contributed by atoms with Crippen LogP contribution in [0.4, 0.5) is 4.39 Å². The number of hydrogen-bond acceptors (Lipinski definition) is 2. The largest absolute Gasteiger partial charge is 0.271 e. The Bertz CT molecular complexity index is 355. The predicted molar refractivity (Wildman–Crippen MR) is 70.2 cm³/mol. The van der Waals surface area contributed by atoms with Crippen LogP contribution in [0.1, 0.15) is 44.7 Å². The van der Waals surface area contributed by atoms with Crippen LogP contribution in [-0.2, 0) is 0 Å². The van der Waals surface area contributed by atoms with Gasteiger partial charge in [0.15, 0.2) is 0 Å². The Morgan fingerprint density at radius 3 is 2.59 bits per heavy atom. The van der Waals surface area contributed by atoms with Crippen molar-refractivity contribution in [2.24, 2.45) is 11.8 Å². The summed E-state index contributed by atoms with van der Waals surface area (Å²) in [6.07, 6.45) is 3.17. The van der Waals surface area contributed by atoms with Crippen LogP contribution in [0.5, 0.6) is 0 Å². The third-order valence-electron chi connectivity index (χ3n) is 2.82. The van der Waals surface area contributed by atoms with Crippen LogP contribution >= 0.6 is 11.6 Å². The van der Waals surface area contributed by atoms with E-state index in [0.717, 1.165) is 24.8 Å². The third-order valence-corrected chi connectivity index (χ3v) is 3.11. The van der Waals surface area contributed by atoms with Gasteiger partial charge < -0.3 is 0 Å². The molecule has 0 radical (unpaired) electrons. The summed E-state index contributed by atoms with van der Waals surface area (Å²) in [4.78, 5) is 0. The van der Waals surface area contributed by atoms with Gasteiger partial charge in [-0.1, -0.05) is 44.4 Å². The molecule has 1 unspecified atom stereocenters. The van der Waals surface area contributed by atoms with E-state index in [9.17, 15) is 4.39 Å². The fourth-order valence-electron chi connectivity index (χ4n) is 1.81. The Balaban J connectivity index is 2.62. The highest BCUT2D eigenvalue weighted by molar-refractivity contribution is 6.30. The number of benzene rings is 1. The zero-order chi connectivity index (χ0) is 12.8. The summed E-state index contributed by atoms with van der Waals surface area (Å²) in [5.74, 6) is 5.81. The van der Waals surface area contributed by atoms with Crippen molar-refractivity contribution < 1.29 is 4.39 Å². The lowest BCUT2D eigenvalue weighted by molar-refractivity contribution is 0.454. The Morgan fingerprint density at radius 2 is 2.06 bits per heavy atom. The van der Waals surface area contributed by atoms with Gasteiger partial charge in [0, 0.05) is 6.04 Å². The molecule has 17 heavy (non-hydrogen) atoms. The Morgan fingerprint density at radius 1 is 1.35 bits per heavy atom. The third kappa shape index (κ3) is 4.62. The molecule has 0 amide bonds. The molecule has 96 valence electrons. The molecule has 0 saturated carbocycles. The second kappa shape index (κ2) is 6.94. The molecule has 2 nitrogen and oxygen atoms in total. The molecule has 0 saturated heterocycles. The van der Waals surface area contributed by atoms with Crippen molar-refractivity contribution in [1.82, 2.24) is 5.43 Å². The van der Waals surface area contributed by atoms with Crippen LogP contribution in [0.25, 0.3) is 0 Å². The van der Waals surface area contributed by atoms with Crippen molar-refractivity contribution in [1.29, 1.82) is 0 Å². The van der Waals surface area contributed by atoms with Crippen LogP contribution in [0, 0.1) is 11.7 Å². The van der Waals surface area contributed by atoms with Gasteiger partial charge in [0.2, 0.25) is 0 Å². The quantitative estimate of drug-likeness (QED) is 0.602. The van der Waals surface area contributed by atoms with Gasteiger partial charge in [-0.05, 0) is 30.0 Å². The molecule has 1 atom stereocenters. The maximum atomic E-state index is 13.0. The van der Waals surface area contributed by atoms with Crippen LogP contribution in [0.3, 0.4) is 0 Å². The Labute approximate surface area is 107 Å². The van der Waals surface area contributed by atoms with E-state index < -0.39 is 5.82 Å². The summed E-state index contributed by atoms with van der Waals surface area (Å²) in [6, 6.07) is 4.77. The Hall–Kier alpha value is -0.640. The summed E-state index contributed by atoms with van der Waals surface area (Å²) < 4.78 is 13.0. The monoisotopic (exact) mass is 258 g/mol. The lowest BCUT2D eigenvalue weighted by atomic mass is 9.98. The molecular formula is C13H20ClFN2. The first-order valence-corrected chi connectivity index (χ1v) is 6.33. The summed E-state index contributed by atoms with van der Waals surface area (Å²) >= 11 is 5.76. The molecule has 0 aliphatic rings. The number of nitrogens with two attached hydrogens (primary N) is 1. The topological polar surface area (TPSA) is 38.0 Å². The van der Waals surface area contributed by atoms with Crippen molar-refractivity contribution in [2.45, 2.75) is 39.2 Å². The molecule has 0 aliphatic carbocycles. The lowest BCUT2D eigenvalue weighted by Gasteiger charge is -2.17. The lowest BCUT2D eigenvalue weighted by Crippen LogP contribution is -2.28. The van der Waals surface area contributed by atoms with Crippen LogP contribution < -0.4 is 11.3 Å². The number of hydrogen-bond donors (Lipinski definition) is 2. The first-order chi connectivity index (χ1) is 8.04. The van der Waals surface area contributed by atoms with Gasteiger partial charge in [-0.15, -0.1) is 0 Å². The smallest absolute Gasteiger partial charge is 0.141 e. The summed E-state index contributed by atoms with van der Waals surface area (Å²) in [7, 11) is 0. The van der Waals surface area contributed by atoms with Crippen molar-refractivity contribution in [3.8, 4) is 0 Å². The number of nitrogens with one attached hydrogen (secondary N) is 1. The molecule has 0 fully saturated rings. The fraction of sp³-hybridized carbons (Fsp3) is 0.538. The van der Waals surface area contributed by atoms with Gasteiger partial charge in [0.25, 0.3) is 0 Å². The number of rotatable bonds is 6. The average molecular weight is 259 g/mol. The number of hydrazine groups is 1. The van der Waals surface area contributed by atoms with Crippen molar-refractivity contribution in [2.75, 3.05) is 0 Å². The highest BCUT2D eigenvalue weighted by Gasteiger charge is 2.11. The van der Waals surface area contributed by atoms with E-state index in [4.69, 9.17) is 17.4 Å². The maximum Gasteiger partial charge on any atom is 0.141 e. The van der Waals surface area contributed by atoms with E-state index in [1.165, 1.54) is 6.07 Å². The van der Waals surface area contributed by atoms with Gasteiger partial charge in [-0.25, -0.2) is 4.39 Å². The van der Waals surface area contributed by atoms with Gasteiger partial charge in [0.05, 0.1) is 5.02 Å². The summed E-state index contributed by atoms with van der Waals surface area (Å²) in [6.45, 7) is 4.39. The van der Waals surface area contributed by atoms with E-state index in [1.807, 2.05) is 0 Å². The highest BCUT2D eigenvalue weighted by atomic mass is 35.5. The molecule has 0 aliphatic heterocycles. The zero-order valence-corrected chi connectivity index (χ0v) is 11.1. The van der Waals surface area contributed by atoms with E-state index in [2.05, 4.69) is 19.3 Å². The second-order valence-electron chi connectivity index (χ2n) is 4.72. The minimum Gasteiger partial charge on any atom is -0.271 e. The van der Waals surface area contributed by atoms with Crippen molar-refractivity contribution >= 4 is 11.6 Å². The minimum absolute atomic E-state index is 0.0341. The maximum absolute atomic E-state index is 13.0. The molecule has 1 aromatic carbocycles. The molecule has 0 aromatic heterocycles. The van der Waals surface area contributed by atoms with Crippen LogP contribution in [0.15, 0.2) is 18.2 Å². The molecule has 0 bridgehead atoms. The molecule has 1 aromatic rings. The van der Waals surface area contributed by atoms with E-state index in [1.54, 1.807) is 12.1 Å². The standard InChI is InChI=1S/C13H20ClFN2/c1-9(2)4-3-5-13(17-16)10-6-7-12(15)11(14)8-10/h6-9,13,17H,3-5,16H2,1-2H3. The molecule has 1 rings (SSSR count). The average Bonchev–Trinajstić information content (AvgIpc) is 2.28. The SMILES string of the molecule is CC(C)CCCC(NN)c1ccc(F)c(Cl)c1. The number of halogens is 2. The van der Waals surface area contributed by atoms with E-state index in [-0.39, 0.29) is 11.1 Å². The molecule has 0 spiro atoms. The van der Waals surface area contributed by atoms with Crippen molar-refractivity contribution in [3.05, 3.63) is 34.6 Å². The Kier molecular flexibility index (Phi) is 5.89. The summed E-state index contributed by atoms with van der Waals surface area (Å²) in [5, 5.41) is 0.145. The first-order valence-electron chi connectivity index (χ1n) is 5.95. The molecule has 0 heterocycles. The van der Waals surface area contributed by atoms with E-state index >= 15 is 0 Å². The fourth-order valence-corrected chi connectivity index (χ4v) is 1.99. The minimum atomic E-state index is -0.395. The van der Waals surface area contributed by atoms with Gasteiger partial charge in [0.1, 0.15) is 5.82 Å². The second-order valence-corrected chi connectivity index (χ2v) is 5.12. The predicted octanol–water partition coefficient (Wildman–Crippen LogP) is 3.81. The van der Waals surface area contributed by atoms with E-state index in [0.29, 0.717) is 5.92 Å². The first kappa shape index (κ1) is 14.4. The zero-order valence-electron chi connectivity index (χ0n) is 10.3. The highest BCUT2D eigenvalue weighted by Crippen LogP contribution is 2.24. The van der Waals surface area contributed by atoms with Gasteiger partial charge >= 0.3 is 0 Å². The molecule has 4 heteroatoms. The van der Waals surface area contributed by atoms with Crippen molar-refractivity contribution in [3.63, 3.8) is 0 Å². The molecule has 3 N–H and O–H groups in total. The normalized spacial score (nSPS) is 13.1. The van der Waals surface area contributed by atoms with Crippen LogP contribution in [-0.4, -0.2) is 0 Å².